The van der Waals surface area contributed by atoms with Crippen LogP contribution in [0.4, 0.5) is 4.79 Å². The van der Waals surface area contributed by atoms with Gasteiger partial charge in [0.25, 0.3) is 0 Å². The quantitative estimate of drug-likeness (QED) is 0.571. The lowest BCUT2D eigenvalue weighted by Crippen LogP contribution is -2.44. The minimum Gasteiger partial charge on any atom is -0.445 e. The molecular weight excluding hydrogens is 306 g/mol. The van der Waals surface area contributed by atoms with Crippen LogP contribution in [0, 0.1) is 5.92 Å². The van der Waals surface area contributed by atoms with Crippen LogP contribution in [0.15, 0.2) is 30.3 Å². The molecule has 24 heavy (non-hydrogen) atoms. The fraction of sp³-hybridized carbons (Fsp3) is 0.556. The molecule has 0 saturated heterocycles. The summed E-state index contributed by atoms with van der Waals surface area (Å²) >= 11 is 0. The van der Waals surface area contributed by atoms with Crippen LogP contribution >= 0.6 is 0 Å². The van der Waals surface area contributed by atoms with Crippen molar-refractivity contribution in [2.75, 3.05) is 13.1 Å². The van der Waals surface area contributed by atoms with Crippen molar-refractivity contribution < 1.29 is 14.3 Å². The van der Waals surface area contributed by atoms with Crippen LogP contribution in [-0.2, 0) is 16.1 Å². The van der Waals surface area contributed by atoms with Gasteiger partial charge in [-0.15, -0.1) is 0 Å². The highest BCUT2D eigenvalue weighted by molar-refractivity contribution is 5.81. The largest absolute Gasteiger partial charge is 0.445 e. The number of hydrogen-bond donors (Lipinski definition) is 3. The van der Waals surface area contributed by atoms with E-state index in [2.05, 4.69) is 10.6 Å². The second-order valence-corrected chi connectivity index (χ2v) is 6.11. The van der Waals surface area contributed by atoms with Crippen LogP contribution < -0.4 is 16.4 Å². The summed E-state index contributed by atoms with van der Waals surface area (Å²) in [6, 6.07) is 9.10. The smallest absolute Gasteiger partial charge is 0.407 e. The normalized spacial score (nSPS) is 11.8. The van der Waals surface area contributed by atoms with Gasteiger partial charge in [-0.05, 0) is 30.7 Å². The monoisotopic (exact) mass is 335 g/mol. The average Bonchev–Trinajstić information content (AvgIpc) is 2.59. The van der Waals surface area contributed by atoms with Gasteiger partial charge in [0.05, 0.1) is 6.04 Å². The Morgan fingerprint density at radius 3 is 2.29 bits per heavy atom. The van der Waals surface area contributed by atoms with E-state index in [1.165, 1.54) is 0 Å². The number of amides is 2. The van der Waals surface area contributed by atoms with E-state index in [-0.39, 0.29) is 18.4 Å². The third-order valence-electron chi connectivity index (χ3n) is 3.66. The Bertz CT molecular complexity index is 492. The van der Waals surface area contributed by atoms with Crippen molar-refractivity contribution in [3.63, 3.8) is 0 Å². The summed E-state index contributed by atoms with van der Waals surface area (Å²) in [6.45, 7) is 5.29. The first kappa shape index (κ1) is 20.0. The number of nitrogens with two attached hydrogens (primary N) is 1. The molecule has 1 rings (SSSR count). The Morgan fingerprint density at radius 2 is 1.67 bits per heavy atom. The predicted octanol–water partition coefficient (Wildman–Crippen LogP) is 2.18. The molecule has 0 heterocycles. The molecule has 0 aliphatic rings. The van der Waals surface area contributed by atoms with Crippen molar-refractivity contribution in [1.29, 1.82) is 0 Å². The third-order valence-corrected chi connectivity index (χ3v) is 3.66. The van der Waals surface area contributed by atoms with Gasteiger partial charge in [-0.2, -0.15) is 0 Å². The number of benzene rings is 1. The predicted molar refractivity (Wildman–Crippen MR) is 94.3 cm³/mol. The van der Waals surface area contributed by atoms with E-state index in [4.69, 9.17) is 10.5 Å². The van der Waals surface area contributed by atoms with Crippen molar-refractivity contribution in [2.24, 2.45) is 11.7 Å². The van der Waals surface area contributed by atoms with Crippen LogP contribution in [0.5, 0.6) is 0 Å². The third kappa shape index (κ3) is 8.53. The molecule has 1 aromatic carbocycles. The zero-order valence-electron chi connectivity index (χ0n) is 14.6. The molecule has 2 amide bonds. The molecule has 0 aliphatic heterocycles. The zero-order valence-corrected chi connectivity index (χ0v) is 14.6. The summed E-state index contributed by atoms with van der Waals surface area (Å²) in [5, 5.41) is 5.54. The molecule has 0 saturated carbocycles. The fourth-order valence-corrected chi connectivity index (χ4v) is 2.02. The van der Waals surface area contributed by atoms with Gasteiger partial charge in [-0.25, -0.2) is 4.79 Å². The van der Waals surface area contributed by atoms with Gasteiger partial charge in [0.2, 0.25) is 5.91 Å². The molecule has 6 nitrogen and oxygen atoms in total. The lowest BCUT2D eigenvalue weighted by Gasteiger charge is -2.15. The first-order chi connectivity index (χ1) is 11.5. The number of carbonyl (C=O) groups excluding carboxylic acids is 2. The summed E-state index contributed by atoms with van der Waals surface area (Å²) in [7, 11) is 0. The molecule has 0 unspecified atom stereocenters. The van der Waals surface area contributed by atoms with E-state index in [9.17, 15) is 9.59 Å². The van der Waals surface area contributed by atoms with Gasteiger partial charge in [-0.3, -0.25) is 4.79 Å². The molecular formula is C18H29N3O3. The zero-order chi connectivity index (χ0) is 17.8. The topological polar surface area (TPSA) is 93.5 Å². The van der Waals surface area contributed by atoms with E-state index in [0.29, 0.717) is 13.1 Å². The van der Waals surface area contributed by atoms with Gasteiger partial charge >= 0.3 is 6.09 Å². The molecule has 0 radical (unpaired) electrons. The van der Waals surface area contributed by atoms with Crippen molar-refractivity contribution in [3.05, 3.63) is 35.9 Å². The summed E-state index contributed by atoms with van der Waals surface area (Å²) in [6.07, 6.45) is 2.20. The van der Waals surface area contributed by atoms with E-state index < -0.39 is 12.1 Å². The Kier molecular flexibility index (Phi) is 9.53. The van der Waals surface area contributed by atoms with Gasteiger partial charge in [0.15, 0.2) is 0 Å². The van der Waals surface area contributed by atoms with E-state index in [1.807, 2.05) is 44.2 Å². The number of ether oxygens (including phenoxy) is 1. The Hall–Kier alpha value is -2.08. The molecule has 6 heteroatoms. The molecule has 1 atom stereocenters. The summed E-state index contributed by atoms with van der Waals surface area (Å²) in [4.78, 5) is 23.2. The van der Waals surface area contributed by atoms with Crippen LogP contribution in [0.2, 0.25) is 0 Å². The minimum atomic E-state index is -0.453. The highest BCUT2D eigenvalue weighted by atomic mass is 16.5. The minimum absolute atomic E-state index is 0.104. The molecule has 134 valence electrons. The van der Waals surface area contributed by atoms with E-state index >= 15 is 0 Å². The van der Waals surface area contributed by atoms with Crippen LogP contribution in [0.25, 0.3) is 0 Å². The number of alkyl carbamates (subject to hydrolysis) is 1. The van der Waals surface area contributed by atoms with Crippen LogP contribution in [0.1, 0.15) is 38.7 Å². The number of unbranched alkanes of at least 4 members (excludes halogenated alkanes) is 2. The van der Waals surface area contributed by atoms with E-state index in [0.717, 1.165) is 24.8 Å². The first-order valence-electron chi connectivity index (χ1n) is 8.48. The Labute approximate surface area is 144 Å². The SMILES string of the molecule is CC(C)[C@H](N)C(=O)NCCCCCNC(=O)OCc1ccccc1. The lowest BCUT2D eigenvalue weighted by molar-refractivity contribution is -0.123. The van der Waals surface area contributed by atoms with Crippen molar-refractivity contribution in [3.8, 4) is 0 Å². The molecule has 0 aromatic heterocycles. The van der Waals surface area contributed by atoms with Crippen LogP contribution in [0.3, 0.4) is 0 Å². The number of rotatable bonds is 10. The highest BCUT2D eigenvalue weighted by Crippen LogP contribution is 2.01. The van der Waals surface area contributed by atoms with Gasteiger partial charge < -0.3 is 21.1 Å². The Morgan fingerprint density at radius 1 is 1.04 bits per heavy atom. The summed E-state index contributed by atoms with van der Waals surface area (Å²) in [5.74, 6) is 0.0312. The Balaban J connectivity index is 1.98. The number of carbonyl (C=O) groups is 2. The maximum absolute atomic E-state index is 11.6. The molecule has 1 aromatic rings. The molecule has 0 spiro atoms. The van der Waals surface area contributed by atoms with Gasteiger partial charge in [0.1, 0.15) is 6.61 Å². The van der Waals surface area contributed by atoms with Crippen molar-refractivity contribution in [2.45, 2.75) is 45.8 Å². The van der Waals surface area contributed by atoms with Crippen molar-refractivity contribution in [1.82, 2.24) is 10.6 Å². The second kappa shape index (κ2) is 11.5. The van der Waals surface area contributed by atoms with Gasteiger partial charge in [-0.1, -0.05) is 44.2 Å². The lowest BCUT2D eigenvalue weighted by atomic mass is 10.1. The molecule has 0 bridgehead atoms. The van der Waals surface area contributed by atoms with Gasteiger partial charge in [0, 0.05) is 13.1 Å². The molecule has 0 fully saturated rings. The maximum atomic E-state index is 11.6. The maximum Gasteiger partial charge on any atom is 0.407 e. The van der Waals surface area contributed by atoms with E-state index in [1.54, 1.807) is 0 Å². The number of nitrogens with one attached hydrogen (secondary N) is 2. The standard InChI is InChI=1S/C18H29N3O3/c1-14(2)16(19)17(22)20-11-7-4-8-12-21-18(23)24-13-15-9-5-3-6-10-15/h3,5-6,9-10,14,16H,4,7-8,11-13,19H2,1-2H3,(H,20,22)(H,21,23)/t16-/m0/s1. The fourth-order valence-electron chi connectivity index (χ4n) is 2.02. The highest BCUT2D eigenvalue weighted by Gasteiger charge is 2.15. The van der Waals surface area contributed by atoms with Crippen molar-refractivity contribution >= 4 is 12.0 Å². The average molecular weight is 335 g/mol. The second-order valence-electron chi connectivity index (χ2n) is 6.11. The first-order valence-corrected chi connectivity index (χ1v) is 8.48. The molecule has 4 N–H and O–H groups in total. The molecule has 0 aliphatic carbocycles. The number of hydrogen-bond acceptors (Lipinski definition) is 4. The summed E-state index contributed by atoms with van der Waals surface area (Å²) in [5.41, 5.74) is 6.71. The van der Waals surface area contributed by atoms with Crippen LogP contribution in [-0.4, -0.2) is 31.1 Å². The summed E-state index contributed by atoms with van der Waals surface area (Å²) < 4.78 is 5.12.